The van der Waals surface area contributed by atoms with Gasteiger partial charge in [-0.25, -0.2) is 4.98 Å². The summed E-state index contributed by atoms with van der Waals surface area (Å²) >= 11 is 5.66. The van der Waals surface area contributed by atoms with Crippen molar-refractivity contribution in [1.82, 2.24) is 10.3 Å². The Morgan fingerprint density at radius 2 is 1.92 bits per heavy atom. The number of hydrogen-bond donors (Lipinski definition) is 3. The summed E-state index contributed by atoms with van der Waals surface area (Å²) in [6.07, 6.45) is 9.60. The third kappa shape index (κ3) is 11.5. The Morgan fingerprint density at radius 1 is 1.33 bits per heavy atom. The van der Waals surface area contributed by atoms with Crippen LogP contribution in [0.5, 0.6) is 0 Å². The van der Waals surface area contributed by atoms with Gasteiger partial charge >= 0.3 is 0 Å². The van der Waals surface area contributed by atoms with Crippen LogP contribution in [0.1, 0.15) is 39.0 Å². The fourth-order valence-corrected chi connectivity index (χ4v) is 2.10. The second-order valence-corrected chi connectivity index (χ2v) is 6.08. The van der Waals surface area contributed by atoms with Crippen LogP contribution in [-0.4, -0.2) is 18.4 Å². The lowest BCUT2D eigenvalue weighted by Crippen LogP contribution is -2.07. The minimum absolute atomic E-state index is 0.386. The average Bonchev–Trinajstić information content (AvgIpc) is 2.58. The molecule has 4 N–H and O–H groups in total. The summed E-state index contributed by atoms with van der Waals surface area (Å²) in [4.78, 5) is 13.1. The Hall–Kier alpha value is -2.01. The summed E-state index contributed by atoms with van der Waals surface area (Å²) in [5.74, 6) is 1.68. The van der Waals surface area contributed by atoms with Crippen LogP contribution < -0.4 is 16.4 Å². The highest BCUT2D eigenvalue weighted by atomic mass is 35.5. The molecule has 0 aliphatic heterocycles. The molecule has 0 radical (unpaired) electrons. The van der Waals surface area contributed by atoms with E-state index in [0.29, 0.717) is 28.6 Å². The average molecular weight is 353 g/mol. The van der Waals surface area contributed by atoms with Crippen molar-refractivity contribution in [2.24, 2.45) is 11.7 Å². The number of rotatable bonds is 4. The summed E-state index contributed by atoms with van der Waals surface area (Å²) in [7, 11) is 1.56. The summed E-state index contributed by atoms with van der Waals surface area (Å²) in [5.41, 5.74) is 6.33. The molecule has 24 heavy (non-hydrogen) atoms. The first kappa shape index (κ1) is 22.0. The molecule has 1 amide bonds. The molecule has 6 heteroatoms. The SMILES string of the molecule is C=C(N)C(=C)Nc1ccc(Cl)cn1.CC1CCCCC1.CNC=O. The number of hydrogen-bond acceptors (Lipinski definition) is 4. The van der Waals surface area contributed by atoms with Gasteiger partial charge in [-0.3, -0.25) is 4.79 Å². The number of aromatic nitrogens is 1. The number of carbonyl (C=O) groups excluding carboxylic acids is 1. The number of halogens is 1. The van der Waals surface area contributed by atoms with Crippen LogP contribution in [0.15, 0.2) is 42.9 Å². The van der Waals surface area contributed by atoms with Gasteiger partial charge in [-0.2, -0.15) is 0 Å². The number of carbonyl (C=O) groups is 1. The molecule has 1 heterocycles. The molecule has 0 unspecified atom stereocenters. The van der Waals surface area contributed by atoms with Gasteiger partial charge in [-0.15, -0.1) is 0 Å². The summed E-state index contributed by atoms with van der Waals surface area (Å²) in [6, 6.07) is 3.46. The fraction of sp³-hybridized carbons (Fsp3) is 0.444. The topological polar surface area (TPSA) is 80.0 Å². The molecule has 1 aromatic heterocycles. The maximum atomic E-state index is 9.06. The number of pyridine rings is 1. The van der Waals surface area contributed by atoms with Crippen molar-refractivity contribution in [2.45, 2.75) is 39.0 Å². The predicted octanol–water partition coefficient (Wildman–Crippen LogP) is 4.08. The smallest absolute Gasteiger partial charge is 0.206 e. The molecule has 134 valence electrons. The number of anilines is 1. The molecule has 0 saturated heterocycles. The third-order valence-electron chi connectivity index (χ3n) is 3.41. The quantitative estimate of drug-likeness (QED) is 0.563. The number of nitrogens with two attached hydrogens (primary N) is 1. The van der Waals surface area contributed by atoms with Gasteiger partial charge in [-0.1, -0.05) is 63.8 Å². The van der Waals surface area contributed by atoms with Crippen LogP contribution in [0.3, 0.4) is 0 Å². The third-order valence-corrected chi connectivity index (χ3v) is 3.63. The summed E-state index contributed by atoms with van der Waals surface area (Å²) in [5, 5.41) is 5.72. The van der Waals surface area contributed by atoms with Crippen LogP contribution in [-0.2, 0) is 4.79 Å². The Labute approximate surface area is 150 Å². The van der Waals surface area contributed by atoms with E-state index in [9.17, 15) is 0 Å². The van der Waals surface area contributed by atoms with Crippen LogP contribution in [0.25, 0.3) is 0 Å². The molecular weight excluding hydrogens is 324 g/mol. The van der Waals surface area contributed by atoms with Gasteiger partial charge in [0.05, 0.1) is 10.7 Å². The molecule has 0 atom stereocenters. The fourth-order valence-electron chi connectivity index (χ4n) is 1.99. The van der Waals surface area contributed by atoms with Gasteiger partial charge in [-0.05, 0) is 18.1 Å². The van der Waals surface area contributed by atoms with Crippen molar-refractivity contribution in [1.29, 1.82) is 0 Å². The Bertz CT molecular complexity index is 496. The lowest BCUT2D eigenvalue weighted by molar-refractivity contribution is -0.109. The zero-order chi connectivity index (χ0) is 18.4. The van der Waals surface area contributed by atoms with E-state index in [4.69, 9.17) is 22.1 Å². The van der Waals surface area contributed by atoms with Gasteiger partial charge in [0.15, 0.2) is 0 Å². The van der Waals surface area contributed by atoms with Gasteiger partial charge in [0.25, 0.3) is 0 Å². The standard InChI is InChI=1S/C9H10ClN3.C7H14.C2H5NO/c1-6(11)7(2)13-9-4-3-8(10)5-12-9;1-7-5-3-2-4-6-7;1-3-2-4/h3-5H,1-2,11H2,(H,12,13);7H,2-6H2,1H3;2H,1H3,(H,3,4). The monoisotopic (exact) mass is 352 g/mol. The van der Waals surface area contributed by atoms with Gasteiger partial charge in [0.1, 0.15) is 5.82 Å². The van der Waals surface area contributed by atoms with Crippen molar-refractivity contribution in [2.75, 3.05) is 12.4 Å². The molecule has 0 aromatic carbocycles. The minimum Gasteiger partial charge on any atom is -0.398 e. The van der Waals surface area contributed by atoms with Crippen LogP contribution in [0.2, 0.25) is 5.02 Å². The molecule has 0 spiro atoms. The molecule has 1 fully saturated rings. The summed E-state index contributed by atoms with van der Waals surface area (Å²) < 4.78 is 0. The summed E-state index contributed by atoms with van der Waals surface area (Å²) in [6.45, 7) is 9.55. The van der Waals surface area contributed by atoms with Crippen molar-refractivity contribution >= 4 is 23.8 Å². The molecule has 1 aliphatic rings. The largest absolute Gasteiger partial charge is 0.398 e. The number of nitrogens with zero attached hydrogens (tertiary/aromatic N) is 1. The highest BCUT2D eigenvalue weighted by Gasteiger charge is 2.05. The van der Waals surface area contributed by atoms with Crippen LogP contribution in [0.4, 0.5) is 5.82 Å². The van der Waals surface area contributed by atoms with E-state index in [0.717, 1.165) is 5.92 Å². The zero-order valence-electron chi connectivity index (χ0n) is 14.6. The van der Waals surface area contributed by atoms with Crippen LogP contribution in [0, 0.1) is 5.92 Å². The molecular formula is C18H29ClN4O. The Morgan fingerprint density at radius 3 is 2.25 bits per heavy atom. The first-order valence-corrected chi connectivity index (χ1v) is 8.41. The van der Waals surface area contributed by atoms with Crippen molar-refractivity contribution in [3.05, 3.63) is 47.9 Å². The zero-order valence-corrected chi connectivity index (χ0v) is 15.4. The van der Waals surface area contributed by atoms with Gasteiger partial charge in [0, 0.05) is 18.9 Å². The van der Waals surface area contributed by atoms with Crippen LogP contribution >= 0.6 is 11.6 Å². The van der Waals surface area contributed by atoms with E-state index < -0.39 is 0 Å². The number of nitrogens with one attached hydrogen (secondary N) is 2. The Balaban J connectivity index is 0.000000401. The van der Waals surface area contributed by atoms with E-state index in [1.165, 1.54) is 38.3 Å². The molecule has 1 saturated carbocycles. The first-order valence-electron chi connectivity index (χ1n) is 8.03. The van der Waals surface area contributed by atoms with E-state index in [-0.39, 0.29) is 0 Å². The molecule has 2 rings (SSSR count). The minimum atomic E-state index is 0.386. The van der Waals surface area contributed by atoms with Gasteiger partial charge < -0.3 is 16.4 Å². The van der Waals surface area contributed by atoms with E-state index in [2.05, 4.69) is 35.7 Å². The molecule has 1 aliphatic carbocycles. The first-order chi connectivity index (χ1) is 11.4. The molecule has 0 bridgehead atoms. The second kappa shape index (κ2) is 13.4. The maximum absolute atomic E-state index is 9.06. The van der Waals surface area contributed by atoms with E-state index in [1.807, 2.05) is 0 Å². The van der Waals surface area contributed by atoms with Gasteiger partial charge in [0.2, 0.25) is 6.41 Å². The molecule has 5 nitrogen and oxygen atoms in total. The second-order valence-electron chi connectivity index (χ2n) is 5.64. The van der Waals surface area contributed by atoms with Crippen molar-refractivity contribution in [3.63, 3.8) is 0 Å². The lowest BCUT2D eigenvalue weighted by Gasteiger charge is -2.15. The Kier molecular flexibility index (Phi) is 12.3. The normalized spacial score (nSPS) is 13.3. The predicted molar refractivity (Wildman–Crippen MR) is 103 cm³/mol. The lowest BCUT2D eigenvalue weighted by atomic mass is 9.91. The highest BCUT2D eigenvalue weighted by molar-refractivity contribution is 6.30. The van der Waals surface area contributed by atoms with E-state index in [1.54, 1.807) is 19.2 Å². The highest BCUT2D eigenvalue weighted by Crippen LogP contribution is 2.22. The maximum Gasteiger partial charge on any atom is 0.206 e. The van der Waals surface area contributed by atoms with Crippen molar-refractivity contribution < 1.29 is 4.79 Å². The molecule has 1 aromatic rings. The van der Waals surface area contributed by atoms with Crippen molar-refractivity contribution in [3.8, 4) is 0 Å². The number of amides is 1. The van der Waals surface area contributed by atoms with E-state index >= 15 is 0 Å².